The lowest BCUT2D eigenvalue weighted by Crippen LogP contribution is -3.00. The summed E-state index contributed by atoms with van der Waals surface area (Å²) in [4.78, 5) is 10.8. The summed E-state index contributed by atoms with van der Waals surface area (Å²) in [6, 6.07) is 3.42. The normalized spacial score (nSPS) is 9.83. The number of carboxylic acid groups (broad SMARTS) is 1. The highest BCUT2D eigenvalue weighted by Crippen LogP contribution is 2.04. The standard InChI is InChI=1S/C14H21NO2.HI/c1-2-3-4-5-6-7-10-15-11-8-9-13(12-15)14(16)17;/h8-9,11-12H,2-7,10H2,1H3;1H. The maximum absolute atomic E-state index is 10.8. The zero-order chi connectivity index (χ0) is 12.5. The molecule has 1 N–H and O–H groups in total. The van der Waals surface area contributed by atoms with E-state index in [1.165, 1.54) is 32.1 Å². The third kappa shape index (κ3) is 6.93. The number of aromatic nitrogens is 1. The van der Waals surface area contributed by atoms with Crippen LogP contribution in [-0.2, 0) is 6.54 Å². The second-order valence-electron chi connectivity index (χ2n) is 4.40. The molecule has 1 rings (SSSR count). The molecule has 4 heteroatoms. The number of carboxylic acids is 1. The van der Waals surface area contributed by atoms with Gasteiger partial charge in [-0.25, -0.2) is 9.36 Å². The molecule has 0 fully saturated rings. The Morgan fingerprint density at radius 1 is 1.22 bits per heavy atom. The molecule has 0 aliphatic carbocycles. The average molecular weight is 363 g/mol. The van der Waals surface area contributed by atoms with E-state index < -0.39 is 5.97 Å². The maximum Gasteiger partial charge on any atom is 0.341 e. The molecule has 0 saturated carbocycles. The first-order valence-electron chi connectivity index (χ1n) is 6.46. The Balaban J connectivity index is 0.00000289. The smallest absolute Gasteiger partial charge is 0.341 e. The van der Waals surface area contributed by atoms with E-state index in [1.54, 1.807) is 18.3 Å². The van der Waals surface area contributed by atoms with Gasteiger partial charge in [-0.2, -0.15) is 0 Å². The van der Waals surface area contributed by atoms with Crippen LogP contribution in [-0.4, -0.2) is 11.1 Å². The fourth-order valence-corrected chi connectivity index (χ4v) is 1.86. The summed E-state index contributed by atoms with van der Waals surface area (Å²) >= 11 is 0. The van der Waals surface area contributed by atoms with Crippen LogP contribution in [0, 0.1) is 0 Å². The fourth-order valence-electron chi connectivity index (χ4n) is 1.86. The number of carbonyl (C=O) groups is 1. The summed E-state index contributed by atoms with van der Waals surface area (Å²) in [5.74, 6) is -0.859. The number of hydrogen-bond acceptors (Lipinski definition) is 1. The number of rotatable bonds is 8. The number of unbranched alkanes of at least 4 members (excludes halogenated alkanes) is 5. The van der Waals surface area contributed by atoms with Crippen LogP contribution in [0.25, 0.3) is 0 Å². The second kappa shape index (κ2) is 10.3. The van der Waals surface area contributed by atoms with E-state index in [-0.39, 0.29) is 24.0 Å². The molecule has 0 aromatic carbocycles. The predicted molar refractivity (Wildman–Crippen MR) is 67.0 cm³/mol. The van der Waals surface area contributed by atoms with E-state index in [2.05, 4.69) is 6.92 Å². The molecular weight excluding hydrogens is 341 g/mol. The van der Waals surface area contributed by atoms with Gasteiger partial charge in [0.1, 0.15) is 12.1 Å². The van der Waals surface area contributed by atoms with Gasteiger partial charge in [0.25, 0.3) is 0 Å². The summed E-state index contributed by atoms with van der Waals surface area (Å²) in [7, 11) is 0. The van der Waals surface area contributed by atoms with Gasteiger partial charge in [-0.3, -0.25) is 0 Å². The van der Waals surface area contributed by atoms with Gasteiger partial charge in [-0.05, 0) is 12.5 Å². The Bertz CT molecular complexity index is 355. The molecule has 0 aliphatic heterocycles. The van der Waals surface area contributed by atoms with E-state index in [4.69, 9.17) is 5.11 Å². The molecule has 0 aliphatic rings. The Kier molecular flexibility index (Phi) is 9.92. The van der Waals surface area contributed by atoms with E-state index >= 15 is 0 Å². The Hall–Kier alpha value is -0.650. The maximum atomic E-state index is 10.8. The summed E-state index contributed by atoms with van der Waals surface area (Å²) < 4.78 is 1.96. The summed E-state index contributed by atoms with van der Waals surface area (Å²) in [6.45, 7) is 3.13. The molecule has 1 heterocycles. The summed E-state index contributed by atoms with van der Waals surface area (Å²) in [6.07, 6.45) is 11.2. The van der Waals surface area contributed by atoms with Crippen molar-refractivity contribution >= 4 is 5.97 Å². The minimum atomic E-state index is -0.859. The van der Waals surface area contributed by atoms with Crippen LogP contribution in [0.2, 0.25) is 0 Å². The van der Waals surface area contributed by atoms with Crippen molar-refractivity contribution in [1.29, 1.82) is 0 Å². The number of halogens is 1. The van der Waals surface area contributed by atoms with Gasteiger partial charge in [-0.1, -0.05) is 32.6 Å². The van der Waals surface area contributed by atoms with Gasteiger partial charge in [0, 0.05) is 12.5 Å². The Labute approximate surface area is 126 Å². The van der Waals surface area contributed by atoms with Gasteiger partial charge in [0.05, 0.1) is 0 Å². The lowest BCUT2D eigenvalue weighted by molar-refractivity contribution is -0.697. The third-order valence-electron chi connectivity index (χ3n) is 2.88. The average Bonchev–Trinajstić information content (AvgIpc) is 2.34. The van der Waals surface area contributed by atoms with Gasteiger partial charge in [0.15, 0.2) is 12.4 Å². The zero-order valence-electron chi connectivity index (χ0n) is 10.9. The van der Waals surface area contributed by atoms with Crippen molar-refractivity contribution in [3.05, 3.63) is 30.1 Å². The minimum Gasteiger partial charge on any atom is -1.00 e. The molecule has 0 atom stereocenters. The van der Waals surface area contributed by atoms with Crippen molar-refractivity contribution in [1.82, 2.24) is 0 Å². The zero-order valence-corrected chi connectivity index (χ0v) is 13.1. The second-order valence-corrected chi connectivity index (χ2v) is 4.40. The number of hydrogen-bond donors (Lipinski definition) is 1. The van der Waals surface area contributed by atoms with Gasteiger partial charge in [0.2, 0.25) is 0 Å². The number of aryl methyl sites for hydroxylation is 1. The van der Waals surface area contributed by atoms with Crippen LogP contribution in [0.5, 0.6) is 0 Å². The quantitative estimate of drug-likeness (QED) is 0.403. The Morgan fingerprint density at radius 3 is 2.56 bits per heavy atom. The molecule has 0 amide bonds. The van der Waals surface area contributed by atoms with Crippen molar-refractivity contribution in [3.8, 4) is 0 Å². The number of aromatic carboxylic acids is 1. The van der Waals surface area contributed by atoms with E-state index in [0.29, 0.717) is 5.56 Å². The molecule has 0 bridgehead atoms. The highest BCUT2D eigenvalue weighted by molar-refractivity contribution is 5.86. The minimum absolute atomic E-state index is 0. The van der Waals surface area contributed by atoms with Crippen molar-refractivity contribution in [2.75, 3.05) is 0 Å². The Morgan fingerprint density at radius 2 is 1.89 bits per heavy atom. The summed E-state index contributed by atoms with van der Waals surface area (Å²) in [5, 5.41) is 8.86. The van der Waals surface area contributed by atoms with Gasteiger partial charge >= 0.3 is 5.97 Å². The molecular formula is C14H22INO2. The van der Waals surface area contributed by atoms with Gasteiger partial charge in [-0.15, -0.1) is 0 Å². The topological polar surface area (TPSA) is 41.2 Å². The van der Waals surface area contributed by atoms with Crippen LogP contribution < -0.4 is 28.5 Å². The van der Waals surface area contributed by atoms with E-state index in [9.17, 15) is 4.79 Å². The first kappa shape index (κ1) is 17.4. The van der Waals surface area contributed by atoms with E-state index in [1.807, 2.05) is 10.8 Å². The van der Waals surface area contributed by atoms with Crippen molar-refractivity contribution < 1.29 is 38.4 Å². The van der Waals surface area contributed by atoms with Gasteiger partial charge < -0.3 is 29.1 Å². The van der Waals surface area contributed by atoms with Crippen LogP contribution >= 0.6 is 0 Å². The molecule has 1 aromatic rings. The first-order valence-corrected chi connectivity index (χ1v) is 6.46. The van der Waals surface area contributed by atoms with Crippen molar-refractivity contribution in [2.45, 2.75) is 52.0 Å². The highest BCUT2D eigenvalue weighted by Gasteiger charge is 2.07. The molecule has 1 aromatic heterocycles. The molecule has 0 spiro atoms. The lowest BCUT2D eigenvalue weighted by Gasteiger charge is -1.99. The highest BCUT2D eigenvalue weighted by atomic mass is 127. The van der Waals surface area contributed by atoms with Crippen LogP contribution in [0.1, 0.15) is 55.8 Å². The lowest BCUT2D eigenvalue weighted by atomic mass is 10.1. The summed E-state index contributed by atoms with van der Waals surface area (Å²) in [5.41, 5.74) is 0.360. The fraction of sp³-hybridized carbons (Fsp3) is 0.571. The molecule has 3 nitrogen and oxygen atoms in total. The molecule has 0 saturated heterocycles. The van der Waals surface area contributed by atoms with Crippen LogP contribution in [0.4, 0.5) is 0 Å². The molecule has 102 valence electrons. The first-order chi connectivity index (χ1) is 8.24. The predicted octanol–water partition coefficient (Wildman–Crippen LogP) is 0.0368. The van der Waals surface area contributed by atoms with Crippen LogP contribution in [0.15, 0.2) is 24.5 Å². The SMILES string of the molecule is CCCCCCCC[n+]1cccc(C(=O)O)c1.[I-]. The van der Waals surface area contributed by atoms with E-state index in [0.717, 1.165) is 13.0 Å². The third-order valence-corrected chi connectivity index (χ3v) is 2.88. The molecule has 0 radical (unpaired) electrons. The van der Waals surface area contributed by atoms with Crippen molar-refractivity contribution in [3.63, 3.8) is 0 Å². The van der Waals surface area contributed by atoms with Crippen LogP contribution in [0.3, 0.4) is 0 Å². The monoisotopic (exact) mass is 363 g/mol. The van der Waals surface area contributed by atoms with Crippen molar-refractivity contribution in [2.24, 2.45) is 0 Å². The largest absolute Gasteiger partial charge is 1.00 e. The molecule has 0 unspecified atom stereocenters. The number of pyridine rings is 1. The molecule has 18 heavy (non-hydrogen) atoms. The number of nitrogens with zero attached hydrogens (tertiary/aromatic N) is 1.